The number of carboxylic acid groups (broad SMARTS) is 1. The van der Waals surface area contributed by atoms with Crippen LogP contribution in [0.1, 0.15) is 29.0 Å². The van der Waals surface area contributed by atoms with Crippen molar-refractivity contribution in [2.45, 2.75) is 26.3 Å². The van der Waals surface area contributed by atoms with Crippen LogP contribution in [0.15, 0.2) is 6.07 Å². The number of methoxy groups -OCH3 is 1. The van der Waals surface area contributed by atoms with E-state index < -0.39 is 5.97 Å². The predicted octanol–water partition coefficient (Wildman–Crippen LogP) is 0.860. The van der Waals surface area contributed by atoms with Gasteiger partial charge >= 0.3 is 11.9 Å². The van der Waals surface area contributed by atoms with Gasteiger partial charge in [-0.2, -0.15) is 5.10 Å². The van der Waals surface area contributed by atoms with Crippen molar-refractivity contribution in [1.82, 2.24) is 9.78 Å². The van der Waals surface area contributed by atoms with Gasteiger partial charge in [-0.3, -0.25) is 9.48 Å². The van der Waals surface area contributed by atoms with E-state index in [0.717, 1.165) is 0 Å². The molecule has 0 aliphatic carbocycles. The van der Waals surface area contributed by atoms with E-state index in [9.17, 15) is 9.59 Å². The van der Waals surface area contributed by atoms with Crippen molar-refractivity contribution >= 4 is 11.9 Å². The summed E-state index contributed by atoms with van der Waals surface area (Å²) in [6.07, 6.45) is 0.897. The van der Waals surface area contributed by atoms with Gasteiger partial charge < -0.3 is 14.6 Å². The minimum atomic E-state index is -1.01. The van der Waals surface area contributed by atoms with Crippen LogP contribution in [0.3, 0.4) is 0 Å². The molecule has 0 atom stereocenters. The first kappa shape index (κ1) is 15.2. The Bertz CT molecular complexity index is 441. The Morgan fingerprint density at radius 2 is 2.16 bits per heavy atom. The number of carbonyl (C=O) groups excluding carboxylic acids is 1. The highest BCUT2D eigenvalue weighted by molar-refractivity contribution is 5.85. The molecule has 0 amide bonds. The number of esters is 1. The number of hydrogen-bond donors (Lipinski definition) is 1. The maximum Gasteiger partial charge on any atom is 0.354 e. The van der Waals surface area contributed by atoms with Crippen molar-refractivity contribution in [3.63, 3.8) is 0 Å². The third kappa shape index (κ3) is 5.09. The molecule has 1 rings (SSSR count). The molecule has 0 fully saturated rings. The number of aryl methyl sites for hydroxylation is 1. The first-order chi connectivity index (χ1) is 9.04. The molecule has 1 aromatic heterocycles. The van der Waals surface area contributed by atoms with Gasteiger partial charge in [-0.15, -0.1) is 0 Å². The fraction of sp³-hybridized carbons (Fsp3) is 0.583. The Kier molecular flexibility index (Phi) is 6.01. The van der Waals surface area contributed by atoms with Crippen molar-refractivity contribution in [1.29, 1.82) is 0 Å². The largest absolute Gasteiger partial charge is 0.477 e. The molecule has 1 heterocycles. The highest BCUT2D eigenvalue weighted by Crippen LogP contribution is 2.03. The van der Waals surface area contributed by atoms with E-state index in [1.807, 2.05) is 0 Å². The molecule has 0 aliphatic rings. The van der Waals surface area contributed by atoms with Gasteiger partial charge in [0.1, 0.15) is 5.69 Å². The average molecular weight is 270 g/mol. The molecule has 0 aromatic carbocycles. The molecular weight excluding hydrogens is 252 g/mol. The summed E-state index contributed by atoms with van der Waals surface area (Å²) in [4.78, 5) is 21.8. The number of hydrogen-bond acceptors (Lipinski definition) is 5. The third-order valence-corrected chi connectivity index (χ3v) is 2.47. The van der Waals surface area contributed by atoms with Gasteiger partial charge in [0.15, 0.2) is 0 Å². The average Bonchev–Trinajstić information content (AvgIpc) is 2.74. The normalized spacial score (nSPS) is 10.4. The Labute approximate surface area is 111 Å². The first-order valence-electron chi connectivity index (χ1n) is 5.97. The number of rotatable bonds is 8. The summed E-state index contributed by atoms with van der Waals surface area (Å²) in [7, 11) is 1.34. The summed E-state index contributed by atoms with van der Waals surface area (Å²) in [5, 5.41) is 13.0. The van der Waals surface area contributed by atoms with E-state index in [0.29, 0.717) is 38.3 Å². The topological polar surface area (TPSA) is 90.7 Å². The predicted molar refractivity (Wildman–Crippen MR) is 66.0 cm³/mol. The lowest BCUT2D eigenvalue weighted by Gasteiger charge is -2.06. The summed E-state index contributed by atoms with van der Waals surface area (Å²) < 4.78 is 11.2. The van der Waals surface area contributed by atoms with E-state index in [1.165, 1.54) is 17.9 Å². The molecule has 0 radical (unpaired) electrons. The zero-order valence-corrected chi connectivity index (χ0v) is 11.1. The molecule has 1 N–H and O–H groups in total. The Morgan fingerprint density at radius 1 is 1.42 bits per heavy atom. The smallest absolute Gasteiger partial charge is 0.354 e. The Hall–Kier alpha value is -1.89. The van der Waals surface area contributed by atoms with Gasteiger partial charge in [-0.25, -0.2) is 4.79 Å². The summed E-state index contributed by atoms with van der Waals surface area (Å²) in [6, 6.07) is 1.51. The maximum atomic E-state index is 10.9. The van der Waals surface area contributed by atoms with Gasteiger partial charge in [0.25, 0.3) is 0 Å². The summed E-state index contributed by atoms with van der Waals surface area (Å²) in [6.45, 7) is 2.88. The number of nitrogens with zero attached hydrogens (tertiary/aromatic N) is 2. The van der Waals surface area contributed by atoms with Crippen LogP contribution in [-0.4, -0.2) is 47.1 Å². The highest BCUT2D eigenvalue weighted by Gasteiger charge is 2.11. The van der Waals surface area contributed by atoms with Crippen LogP contribution < -0.4 is 0 Å². The fourth-order valence-electron chi connectivity index (χ4n) is 1.56. The van der Waals surface area contributed by atoms with Crippen molar-refractivity contribution in [2.75, 3.05) is 20.3 Å². The summed E-state index contributed by atoms with van der Waals surface area (Å²) in [5.41, 5.74) is 0.804. The number of ether oxygens (including phenoxy) is 2. The van der Waals surface area contributed by atoms with E-state index in [4.69, 9.17) is 9.84 Å². The van der Waals surface area contributed by atoms with Gasteiger partial charge in [0, 0.05) is 13.0 Å². The molecule has 7 nitrogen and oxygen atoms in total. The molecule has 0 saturated heterocycles. The molecule has 0 aliphatic heterocycles. The van der Waals surface area contributed by atoms with Crippen LogP contribution in [0.4, 0.5) is 0 Å². The second kappa shape index (κ2) is 7.52. The monoisotopic (exact) mass is 270 g/mol. The van der Waals surface area contributed by atoms with E-state index >= 15 is 0 Å². The molecule has 0 unspecified atom stereocenters. The second-order valence-corrected chi connectivity index (χ2v) is 3.99. The van der Waals surface area contributed by atoms with Crippen LogP contribution in [0.2, 0.25) is 0 Å². The van der Waals surface area contributed by atoms with Gasteiger partial charge in [-0.05, 0) is 19.4 Å². The third-order valence-electron chi connectivity index (χ3n) is 2.47. The Balaban J connectivity index is 2.26. The number of aromatic nitrogens is 2. The lowest BCUT2D eigenvalue weighted by atomic mass is 10.3. The number of aromatic carboxylic acids is 1. The molecule has 7 heteroatoms. The number of carbonyl (C=O) groups is 2. The van der Waals surface area contributed by atoms with Crippen LogP contribution in [0.25, 0.3) is 0 Å². The minimum absolute atomic E-state index is 0.149. The van der Waals surface area contributed by atoms with E-state index in [-0.39, 0.29) is 11.7 Å². The highest BCUT2D eigenvalue weighted by atomic mass is 16.5. The number of carboxylic acids is 1. The maximum absolute atomic E-state index is 10.9. The second-order valence-electron chi connectivity index (χ2n) is 3.99. The van der Waals surface area contributed by atoms with Crippen LogP contribution in [0.5, 0.6) is 0 Å². The quantitative estimate of drug-likeness (QED) is 0.556. The fourth-order valence-corrected chi connectivity index (χ4v) is 1.56. The minimum Gasteiger partial charge on any atom is -0.477 e. The van der Waals surface area contributed by atoms with Crippen LogP contribution in [-0.2, 0) is 20.8 Å². The molecule has 1 aromatic rings. The Morgan fingerprint density at radius 3 is 2.79 bits per heavy atom. The molecular formula is C12H18N2O5. The summed E-state index contributed by atoms with van der Waals surface area (Å²) >= 11 is 0. The summed E-state index contributed by atoms with van der Waals surface area (Å²) in [5.74, 6) is -1.27. The molecule has 0 saturated carbocycles. The van der Waals surface area contributed by atoms with Crippen LogP contribution in [0, 0.1) is 6.92 Å². The zero-order valence-electron chi connectivity index (χ0n) is 11.1. The van der Waals surface area contributed by atoms with Crippen LogP contribution >= 0.6 is 0 Å². The SMILES string of the molecule is COC(=O)CCCOCCn1nc(C)cc1C(=O)O. The van der Waals surface area contributed by atoms with Gasteiger partial charge in [0.2, 0.25) is 0 Å². The van der Waals surface area contributed by atoms with Crippen molar-refractivity contribution < 1.29 is 24.2 Å². The molecule has 19 heavy (non-hydrogen) atoms. The van der Waals surface area contributed by atoms with Gasteiger partial charge in [-0.1, -0.05) is 0 Å². The van der Waals surface area contributed by atoms with Crippen molar-refractivity contribution in [3.05, 3.63) is 17.5 Å². The lowest BCUT2D eigenvalue weighted by Crippen LogP contribution is -2.14. The zero-order chi connectivity index (χ0) is 14.3. The van der Waals surface area contributed by atoms with E-state index in [1.54, 1.807) is 6.92 Å². The van der Waals surface area contributed by atoms with Crippen molar-refractivity contribution in [3.8, 4) is 0 Å². The van der Waals surface area contributed by atoms with Crippen molar-refractivity contribution in [2.24, 2.45) is 0 Å². The van der Waals surface area contributed by atoms with E-state index in [2.05, 4.69) is 9.84 Å². The molecule has 0 bridgehead atoms. The lowest BCUT2D eigenvalue weighted by molar-refractivity contribution is -0.141. The standard InChI is InChI=1S/C12H18N2O5/c1-9-8-10(12(16)17)14(13-9)5-7-19-6-3-4-11(15)18-2/h8H,3-7H2,1-2H3,(H,16,17). The molecule has 0 spiro atoms. The van der Waals surface area contributed by atoms with Gasteiger partial charge in [0.05, 0.1) is 26.0 Å². The first-order valence-corrected chi connectivity index (χ1v) is 5.97. The molecule has 106 valence electrons.